The molecule has 0 aromatic heterocycles. The Kier molecular flexibility index (Phi) is 3.77. The lowest BCUT2D eigenvalue weighted by atomic mass is 10.2. The maximum absolute atomic E-state index is 13.3. The smallest absolute Gasteiger partial charge is 0.149 e. The van der Waals surface area contributed by atoms with Gasteiger partial charge in [-0.1, -0.05) is 17.7 Å². The highest BCUT2D eigenvalue weighted by molar-refractivity contribution is 6.30. The number of benzene rings is 2. The maximum atomic E-state index is 13.3. The van der Waals surface area contributed by atoms with E-state index in [-0.39, 0.29) is 17.3 Å². The van der Waals surface area contributed by atoms with E-state index < -0.39 is 17.5 Å². The van der Waals surface area contributed by atoms with Crippen LogP contribution in [0.2, 0.25) is 5.02 Å². The summed E-state index contributed by atoms with van der Waals surface area (Å²) in [5.74, 6) is -1.87. The number of rotatable bonds is 3. The molecular formula is C13H9ClF3N. The first-order chi connectivity index (χ1) is 8.56. The minimum absolute atomic E-state index is 0.0340. The van der Waals surface area contributed by atoms with Crippen molar-refractivity contribution >= 4 is 17.3 Å². The van der Waals surface area contributed by atoms with Crippen LogP contribution in [0.3, 0.4) is 0 Å². The Balaban J connectivity index is 2.09. The summed E-state index contributed by atoms with van der Waals surface area (Å²) in [4.78, 5) is 0. The highest BCUT2D eigenvalue weighted by atomic mass is 35.5. The molecule has 2 aromatic carbocycles. The fraction of sp³-hybridized carbons (Fsp3) is 0.0769. The molecule has 0 amide bonds. The van der Waals surface area contributed by atoms with Gasteiger partial charge in [-0.25, -0.2) is 13.2 Å². The van der Waals surface area contributed by atoms with Gasteiger partial charge >= 0.3 is 0 Å². The summed E-state index contributed by atoms with van der Waals surface area (Å²) >= 11 is 5.54. The fourth-order valence-electron chi connectivity index (χ4n) is 1.48. The van der Waals surface area contributed by atoms with E-state index >= 15 is 0 Å². The van der Waals surface area contributed by atoms with Crippen molar-refractivity contribution in [1.29, 1.82) is 0 Å². The van der Waals surface area contributed by atoms with E-state index in [1.165, 1.54) is 18.2 Å². The molecule has 0 aliphatic heterocycles. The van der Waals surface area contributed by atoms with Crippen molar-refractivity contribution < 1.29 is 13.2 Å². The summed E-state index contributed by atoms with van der Waals surface area (Å²) in [5.41, 5.74) is 0.771. The minimum atomic E-state index is -0.690. The molecule has 1 nitrogen and oxygen atoms in total. The zero-order valence-electron chi connectivity index (χ0n) is 9.18. The first-order valence-corrected chi connectivity index (χ1v) is 5.57. The molecule has 0 fully saturated rings. The Labute approximate surface area is 107 Å². The number of hydrogen-bond acceptors (Lipinski definition) is 1. The van der Waals surface area contributed by atoms with Crippen LogP contribution in [-0.4, -0.2) is 0 Å². The SMILES string of the molecule is Fc1ccc(NCc2ccc(Cl)c(F)c2)c(F)c1. The molecular weight excluding hydrogens is 263 g/mol. The third kappa shape index (κ3) is 2.96. The number of nitrogens with one attached hydrogen (secondary N) is 1. The molecule has 0 spiro atoms. The van der Waals surface area contributed by atoms with Gasteiger partial charge in [-0.05, 0) is 29.8 Å². The van der Waals surface area contributed by atoms with Crippen LogP contribution in [0.5, 0.6) is 0 Å². The average Bonchev–Trinajstić information content (AvgIpc) is 2.32. The van der Waals surface area contributed by atoms with E-state index in [9.17, 15) is 13.2 Å². The summed E-state index contributed by atoms with van der Waals surface area (Å²) in [7, 11) is 0. The molecule has 0 unspecified atom stereocenters. The lowest BCUT2D eigenvalue weighted by Gasteiger charge is -2.08. The van der Waals surface area contributed by atoms with Crippen LogP contribution in [0.25, 0.3) is 0 Å². The summed E-state index contributed by atoms with van der Waals surface area (Å²) in [6.07, 6.45) is 0. The highest BCUT2D eigenvalue weighted by Gasteiger charge is 2.04. The van der Waals surface area contributed by atoms with E-state index in [1.54, 1.807) is 6.07 Å². The third-order valence-electron chi connectivity index (χ3n) is 2.40. The zero-order valence-corrected chi connectivity index (χ0v) is 9.94. The lowest BCUT2D eigenvalue weighted by Crippen LogP contribution is -2.02. The summed E-state index contributed by atoms with van der Waals surface area (Å²) in [5, 5.41) is 2.79. The summed E-state index contributed by atoms with van der Waals surface area (Å²) < 4.78 is 39.1. The van der Waals surface area contributed by atoms with Crippen molar-refractivity contribution in [1.82, 2.24) is 0 Å². The summed E-state index contributed by atoms with van der Waals surface area (Å²) in [6, 6.07) is 7.53. The third-order valence-corrected chi connectivity index (χ3v) is 2.70. The molecule has 5 heteroatoms. The van der Waals surface area contributed by atoms with Crippen molar-refractivity contribution in [2.24, 2.45) is 0 Å². The second-order valence-corrected chi connectivity index (χ2v) is 4.13. The largest absolute Gasteiger partial charge is 0.379 e. The van der Waals surface area contributed by atoms with Crippen LogP contribution in [-0.2, 0) is 6.54 Å². The van der Waals surface area contributed by atoms with E-state index in [0.29, 0.717) is 5.56 Å². The second-order valence-electron chi connectivity index (χ2n) is 3.73. The van der Waals surface area contributed by atoms with Crippen molar-refractivity contribution in [3.8, 4) is 0 Å². The van der Waals surface area contributed by atoms with Crippen LogP contribution >= 0.6 is 11.6 Å². The molecule has 0 aliphatic rings. The van der Waals surface area contributed by atoms with Crippen LogP contribution in [0, 0.1) is 17.5 Å². The molecule has 18 heavy (non-hydrogen) atoms. The Morgan fingerprint density at radius 2 is 1.72 bits per heavy atom. The number of anilines is 1. The van der Waals surface area contributed by atoms with Crippen LogP contribution in [0.4, 0.5) is 18.9 Å². The molecule has 0 atom stereocenters. The molecule has 94 valence electrons. The Bertz CT molecular complexity index is 572. The Morgan fingerprint density at radius 3 is 2.39 bits per heavy atom. The molecule has 2 rings (SSSR count). The standard InChI is InChI=1S/C13H9ClF3N/c14-10-3-1-8(5-11(10)16)7-18-13-4-2-9(15)6-12(13)17/h1-6,18H,7H2. The Hall–Kier alpha value is -1.68. The van der Waals surface area contributed by atoms with Crippen LogP contribution in [0.15, 0.2) is 36.4 Å². The molecule has 0 heterocycles. The van der Waals surface area contributed by atoms with E-state index in [4.69, 9.17) is 11.6 Å². The monoisotopic (exact) mass is 271 g/mol. The highest BCUT2D eigenvalue weighted by Crippen LogP contribution is 2.18. The van der Waals surface area contributed by atoms with Crippen molar-refractivity contribution in [3.05, 3.63) is 64.4 Å². The minimum Gasteiger partial charge on any atom is -0.379 e. The van der Waals surface area contributed by atoms with Gasteiger partial charge in [-0.2, -0.15) is 0 Å². The summed E-state index contributed by atoms with van der Waals surface area (Å²) in [6.45, 7) is 0.219. The molecule has 0 aliphatic carbocycles. The normalized spacial score (nSPS) is 10.4. The molecule has 0 saturated heterocycles. The van der Waals surface area contributed by atoms with E-state index in [2.05, 4.69) is 5.32 Å². The Morgan fingerprint density at radius 1 is 0.944 bits per heavy atom. The van der Waals surface area contributed by atoms with Gasteiger partial charge in [0.05, 0.1) is 10.7 Å². The first kappa shape index (κ1) is 12.8. The first-order valence-electron chi connectivity index (χ1n) is 5.19. The van der Waals surface area contributed by atoms with Gasteiger partial charge < -0.3 is 5.32 Å². The van der Waals surface area contributed by atoms with Crippen molar-refractivity contribution in [3.63, 3.8) is 0 Å². The topological polar surface area (TPSA) is 12.0 Å². The van der Waals surface area contributed by atoms with E-state index in [0.717, 1.165) is 12.1 Å². The van der Waals surface area contributed by atoms with Gasteiger partial charge in [0, 0.05) is 12.6 Å². The average molecular weight is 272 g/mol. The maximum Gasteiger partial charge on any atom is 0.149 e. The molecule has 2 aromatic rings. The van der Waals surface area contributed by atoms with Crippen molar-refractivity contribution in [2.45, 2.75) is 6.54 Å². The molecule has 0 bridgehead atoms. The van der Waals surface area contributed by atoms with Crippen molar-refractivity contribution in [2.75, 3.05) is 5.32 Å². The molecule has 1 N–H and O–H groups in total. The molecule has 0 saturated carbocycles. The van der Waals surface area contributed by atoms with Crippen LogP contribution in [0.1, 0.15) is 5.56 Å². The van der Waals surface area contributed by atoms with Gasteiger partial charge in [0.15, 0.2) is 0 Å². The zero-order chi connectivity index (χ0) is 13.1. The number of halogens is 4. The molecule has 0 radical (unpaired) electrons. The van der Waals surface area contributed by atoms with Gasteiger partial charge in [0.2, 0.25) is 0 Å². The quantitative estimate of drug-likeness (QED) is 0.874. The number of hydrogen-bond donors (Lipinski definition) is 1. The van der Waals surface area contributed by atoms with Gasteiger partial charge in [0.1, 0.15) is 17.5 Å². The second kappa shape index (κ2) is 5.31. The lowest BCUT2D eigenvalue weighted by molar-refractivity contribution is 0.585. The van der Waals surface area contributed by atoms with Gasteiger partial charge in [-0.15, -0.1) is 0 Å². The van der Waals surface area contributed by atoms with Gasteiger partial charge in [-0.3, -0.25) is 0 Å². The van der Waals surface area contributed by atoms with Crippen LogP contribution < -0.4 is 5.32 Å². The fourth-order valence-corrected chi connectivity index (χ4v) is 1.60. The predicted molar refractivity (Wildman–Crippen MR) is 65.1 cm³/mol. The van der Waals surface area contributed by atoms with E-state index in [1.807, 2.05) is 0 Å². The predicted octanol–water partition coefficient (Wildman–Crippen LogP) is 4.37. The van der Waals surface area contributed by atoms with Gasteiger partial charge in [0.25, 0.3) is 0 Å².